The first-order valence-electron chi connectivity index (χ1n) is 9.56. The Morgan fingerprint density at radius 1 is 1.10 bits per heavy atom. The summed E-state index contributed by atoms with van der Waals surface area (Å²) < 4.78 is 13.3. The number of nitrogens with zero attached hydrogens (tertiary/aromatic N) is 1. The van der Waals surface area contributed by atoms with Crippen molar-refractivity contribution in [2.24, 2.45) is 0 Å². The van der Waals surface area contributed by atoms with E-state index in [2.05, 4.69) is 48.6 Å². The van der Waals surface area contributed by atoms with Gasteiger partial charge in [0, 0.05) is 18.1 Å². The van der Waals surface area contributed by atoms with Gasteiger partial charge in [0.25, 0.3) is 5.91 Å². The van der Waals surface area contributed by atoms with Crippen LogP contribution in [0.4, 0.5) is 4.39 Å². The average Bonchev–Trinajstić information content (AvgIpc) is 2.74. The topological polar surface area (TPSA) is 52.6 Å². The van der Waals surface area contributed by atoms with Crippen molar-refractivity contribution in [2.75, 3.05) is 33.1 Å². The number of alkyl halides is 3. The minimum absolute atomic E-state index is 0.497. The lowest BCUT2D eigenvalue weighted by Gasteiger charge is -2.22. The van der Waals surface area contributed by atoms with Gasteiger partial charge in [-0.05, 0) is 36.3 Å². The van der Waals surface area contributed by atoms with Gasteiger partial charge in [0.15, 0.2) is 4.84 Å². The minimum Gasteiger partial charge on any atom is -0.386 e. The van der Waals surface area contributed by atoms with E-state index in [0.717, 1.165) is 29.2 Å². The monoisotopic (exact) mass is 472 g/mol. The van der Waals surface area contributed by atoms with Crippen LogP contribution >= 0.6 is 35.0 Å². The van der Waals surface area contributed by atoms with Gasteiger partial charge in [0.2, 0.25) is 0 Å². The van der Waals surface area contributed by atoms with E-state index in [1.807, 2.05) is 23.9 Å². The SMILES string of the molecule is CN(C)CCSCc1ccc(-c2ccc([C@@H](O)[C@@H](CF)NC(=O)C(Cl)Cl)cc2)cc1. The lowest BCUT2D eigenvalue weighted by molar-refractivity contribution is -0.121. The Hall–Kier alpha value is -1.31. The van der Waals surface area contributed by atoms with E-state index in [-0.39, 0.29) is 0 Å². The van der Waals surface area contributed by atoms with Crippen molar-refractivity contribution in [1.29, 1.82) is 0 Å². The molecule has 8 heteroatoms. The zero-order valence-corrected chi connectivity index (χ0v) is 19.4. The van der Waals surface area contributed by atoms with E-state index in [1.54, 1.807) is 12.1 Å². The summed E-state index contributed by atoms with van der Waals surface area (Å²) >= 11 is 12.9. The number of nitrogens with one attached hydrogen (secondary N) is 1. The minimum atomic E-state index is -1.32. The molecule has 2 rings (SSSR count). The van der Waals surface area contributed by atoms with Crippen LogP contribution in [0.5, 0.6) is 0 Å². The van der Waals surface area contributed by atoms with E-state index < -0.39 is 29.6 Å². The van der Waals surface area contributed by atoms with Gasteiger partial charge in [-0.25, -0.2) is 4.39 Å². The number of halogens is 3. The normalized spacial score (nSPS) is 13.5. The quantitative estimate of drug-likeness (QED) is 0.374. The zero-order chi connectivity index (χ0) is 22.1. The first kappa shape index (κ1) is 25.0. The van der Waals surface area contributed by atoms with Gasteiger partial charge in [0.05, 0.1) is 6.04 Å². The molecular weight excluding hydrogens is 446 g/mol. The summed E-state index contributed by atoms with van der Waals surface area (Å²) in [5.74, 6) is 1.33. The molecule has 30 heavy (non-hydrogen) atoms. The van der Waals surface area contributed by atoms with E-state index >= 15 is 0 Å². The molecule has 4 nitrogen and oxygen atoms in total. The van der Waals surface area contributed by atoms with Crippen LogP contribution in [0.15, 0.2) is 48.5 Å². The summed E-state index contributed by atoms with van der Waals surface area (Å²) in [7, 11) is 4.14. The summed E-state index contributed by atoms with van der Waals surface area (Å²) in [5.41, 5.74) is 3.81. The maximum absolute atomic E-state index is 13.3. The van der Waals surface area contributed by atoms with Crippen molar-refractivity contribution < 1.29 is 14.3 Å². The molecule has 2 aromatic rings. The third kappa shape index (κ3) is 7.75. The second kappa shape index (κ2) is 12.5. The molecule has 2 N–H and O–H groups in total. The molecule has 2 atom stereocenters. The number of aliphatic hydroxyl groups is 1. The number of amides is 1. The molecule has 0 spiro atoms. The Balaban J connectivity index is 1.98. The van der Waals surface area contributed by atoms with Crippen molar-refractivity contribution in [1.82, 2.24) is 10.2 Å². The van der Waals surface area contributed by atoms with Gasteiger partial charge >= 0.3 is 0 Å². The van der Waals surface area contributed by atoms with Crippen molar-refractivity contribution in [3.05, 3.63) is 59.7 Å². The predicted octanol–water partition coefficient (Wildman–Crippen LogP) is 4.44. The molecular formula is C22H27Cl2FN2O2S. The number of carbonyl (C=O) groups excluding carboxylic acids is 1. The third-order valence-corrected chi connectivity index (χ3v) is 5.97. The molecule has 0 aliphatic heterocycles. The van der Waals surface area contributed by atoms with Gasteiger partial charge in [-0.15, -0.1) is 0 Å². The molecule has 164 valence electrons. The molecule has 0 radical (unpaired) electrons. The number of aliphatic hydroxyl groups excluding tert-OH is 1. The molecule has 0 fully saturated rings. The van der Waals surface area contributed by atoms with E-state index in [9.17, 15) is 14.3 Å². The van der Waals surface area contributed by atoms with Crippen LogP contribution in [0.3, 0.4) is 0 Å². The van der Waals surface area contributed by atoms with Gasteiger partial charge < -0.3 is 15.3 Å². The average molecular weight is 473 g/mol. The number of hydrogen-bond acceptors (Lipinski definition) is 4. The molecule has 1 amide bonds. The number of thioether (sulfide) groups is 1. The molecule has 0 saturated carbocycles. The highest BCUT2D eigenvalue weighted by Crippen LogP contribution is 2.25. The number of rotatable bonds is 11. The third-order valence-electron chi connectivity index (χ3n) is 4.56. The van der Waals surface area contributed by atoms with Crippen LogP contribution < -0.4 is 5.32 Å². The van der Waals surface area contributed by atoms with E-state index in [0.29, 0.717) is 5.56 Å². The molecule has 0 aromatic heterocycles. The summed E-state index contributed by atoms with van der Waals surface area (Å²) in [6, 6.07) is 14.4. The van der Waals surface area contributed by atoms with Gasteiger partial charge in [-0.3, -0.25) is 4.79 Å². The van der Waals surface area contributed by atoms with Gasteiger partial charge in [-0.2, -0.15) is 11.8 Å². The molecule has 0 aliphatic carbocycles. The number of benzene rings is 2. The smallest absolute Gasteiger partial charge is 0.253 e. The van der Waals surface area contributed by atoms with E-state index in [4.69, 9.17) is 23.2 Å². The fourth-order valence-electron chi connectivity index (χ4n) is 2.78. The van der Waals surface area contributed by atoms with Crippen LogP contribution in [0.1, 0.15) is 17.2 Å². The van der Waals surface area contributed by atoms with Crippen molar-refractivity contribution in [3.8, 4) is 11.1 Å². The van der Waals surface area contributed by atoms with Crippen LogP contribution in [0.2, 0.25) is 0 Å². The van der Waals surface area contributed by atoms with Gasteiger partial charge in [0.1, 0.15) is 12.8 Å². The molecule has 2 aromatic carbocycles. The Bertz CT molecular complexity index is 789. The summed E-state index contributed by atoms with van der Waals surface area (Å²) in [4.78, 5) is 12.4. The summed E-state index contributed by atoms with van der Waals surface area (Å²) in [6.07, 6.45) is -1.21. The lowest BCUT2D eigenvalue weighted by atomic mass is 9.98. The first-order valence-corrected chi connectivity index (χ1v) is 11.6. The Morgan fingerprint density at radius 3 is 2.17 bits per heavy atom. The maximum Gasteiger partial charge on any atom is 0.253 e. The van der Waals surface area contributed by atoms with Crippen molar-refractivity contribution in [2.45, 2.75) is 22.7 Å². The highest BCUT2D eigenvalue weighted by molar-refractivity contribution is 7.98. The zero-order valence-electron chi connectivity index (χ0n) is 17.0. The molecule has 0 bridgehead atoms. The Labute approximate surface area is 191 Å². The standard InChI is InChI=1S/C22H27Cl2FN2O2S/c1-27(2)11-12-30-14-15-3-5-16(6-4-15)17-7-9-18(10-8-17)20(28)19(13-25)26-22(29)21(23)24/h3-10,19-21,28H,11-14H2,1-2H3,(H,26,29)/t19-,20-/m1/s1. The van der Waals surface area contributed by atoms with Crippen LogP contribution in [0, 0.1) is 0 Å². The highest BCUT2D eigenvalue weighted by Gasteiger charge is 2.25. The van der Waals surface area contributed by atoms with Crippen molar-refractivity contribution in [3.63, 3.8) is 0 Å². The number of hydrogen-bond donors (Lipinski definition) is 2. The largest absolute Gasteiger partial charge is 0.386 e. The summed E-state index contributed by atoms with van der Waals surface area (Å²) in [6.45, 7) is 0.120. The fourth-order valence-corrected chi connectivity index (χ4v) is 3.98. The second-order valence-electron chi connectivity index (χ2n) is 7.19. The molecule has 0 unspecified atom stereocenters. The van der Waals surface area contributed by atoms with Gasteiger partial charge in [-0.1, -0.05) is 71.7 Å². The summed E-state index contributed by atoms with van der Waals surface area (Å²) in [5, 5.41) is 12.7. The predicted molar refractivity (Wildman–Crippen MR) is 125 cm³/mol. The lowest BCUT2D eigenvalue weighted by Crippen LogP contribution is -2.43. The second-order valence-corrected chi connectivity index (χ2v) is 9.39. The first-order chi connectivity index (χ1) is 14.3. The number of carbonyl (C=O) groups is 1. The molecule has 0 saturated heterocycles. The Morgan fingerprint density at radius 2 is 1.67 bits per heavy atom. The maximum atomic E-state index is 13.3. The van der Waals surface area contributed by atoms with Crippen LogP contribution in [-0.4, -0.2) is 59.9 Å². The van der Waals surface area contributed by atoms with E-state index in [1.165, 1.54) is 5.56 Å². The molecule has 0 heterocycles. The molecule has 0 aliphatic rings. The van der Waals surface area contributed by atoms with Crippen molar-refractivity contribution >= 4 is 40.9 Å². The fraction of sp³-hybridized carbons (Fsp3) is 0.409. The Kier molecular flexibility index (Phi) is 10.4. The highest BCUT2D eigenvalue weighted by atomic mass is 35.5. The van der Waals surface area contributed by atoms with Crippen LogP contribution in [0.25, 0.3) is 11.1 Å². The van der Waals surface area contributed by atoms with Crippen LogP contribution in [-0.2, 0) is 10.5 Å².